The molecular weight excluding hydrogens is 1430 g/mol. The number of hydrogen-bond donors (Lipinski definition) is 4. The number of anilines is 9. The van der Waals surface area contributed by atoms with Crippen molar-refractivity contribution in [3.63, 3.8) is 0 Å². The second kappa shape index (κ2) is 40.1. The molecule has 0 spiro atoms. The maximum Gasteiger partial charge on any atom is 0.261 e. The number of carbonyl (C=O) groups excluding carboxylic acids is 3. The van der Waals surface area contributed by atoms with Crippen LogP contribution in [0.25, 0.3) is 0 Å². The molecule has 4 N–H and O–H groups in total. The first kappa shape index (κ1) is 82.7. The highest BCUT2D eigenvalue weighted by atomic mass is 35.7. The number of sulfonamides is 2. The Labute approximate surface area is 635 Å². The van der Waals surface area contributed by atoms with E-state index in [1.54, 1.807) is 60.7 Å². The van der Waals surface area contributed by atoms with Crippen LogP contribution in [-0.4, -0.2) is 186 Å². The summed E-state index contributed by atoms with van der Waals surface area (Å²) in [6.45, 7) is 17.9. The molecule has 568 valence electrons. The summed E-state index contributed by atoms with van der Waals surface area (Å²) in [5.74, 6) is -0.419. The van der Waals surface area contributed by atoms with E-state index in [4.69, 9.17) is 10.7 Å². The van der Waals surface area contributed by atoms with E-state index in [9.17, 15) is 39.6 Å². The molecule has 3 amide bonds. The zero-order valence-electron chi connectivity index (χ0n) is 60.7. The van der Waals surface area contributed by atoms with Crippen LogP contribution in [0.15, 0.2) is 234 Å². The van der Waals surface area contributed by atoms with Crippen LogP contribution in [0.1, 0.15) is 43.4 Å². The topological polar surface area (TPSA) is 266 Å². The Morgan fingerprint density at radius 2 is 0.579 bits per heavy atom. The van der Waals surface area contributed by atoms with Crippen LogP contribution in [0.3, 0.4) is 0 Å². The molecule has 28 heteroatoms. The number of pyridine rings is 3. The number of hydrogen-bond acceptors (Lipinski definition) is 19. The minimum atomic E-state index is -3.62. The zero-order chi connectivity index (χ0) is 75.6. The van der Waals surface area contributed by atoms with Gasteiger partial charge in [-0.2, -0.15) is 0 Å². The molecule has 6 heterocycles. The Kier molecular flexibility index (Phi) is 31.0. The van der Waals surface area contributed by atoms with Gasteiger partial charge in [0.05, 0.1) is 14.7 Å². The van der Waals surface area contributed by atoms with Gasteiger partial charge in [-0.25, -0.2) is 33.9 Å². The highest BCUT2D eigenvalue weighted by molar-refractivity contribution is 8.13. The van der Waals surface area contributed by atoms with Gasteiger partial charge in [0.2, 0.25) is 37.8 Å². The third-order valence-electron chi connectivity index (χ3n) is 18.1. The number of amides is 3. The average Bonchev–Trinajstić information content (AvgIpc) is 0.829. The summed E-state index contributed by atoms with van der Waals surface area (Å²) in [6, 6.07) is 55.7. The highest BCUT2D eigenvalue weighted by Crippen LogP contribution is 2.27. The number of aromatic nitrogens is 3. The maximum absolute atomic E-state index is 12.7. The lowest BCUT2D eigenvalue weighted by molar-refractivity contribution is -0.117. The quantitative estimate of drug-likeness (QED) is 0.0434. The summed E-state index contributed by atoms with van der Waals surface area (Å²) >= 11 is 0. The minimum Gasteiger partial charge on any atom is -0.368 e. The summed E-state index contributed by atoms with van der Waals surface area (Å²) in [5, 5.41) is 11.6. The standard InChI is InChI=1S/2C26H31N5O3S.C19H25N5O.C7H7ClO2S.CH4/c2*1-21-3-9-25(10-4-21)35(33,34)29(2)16-13-26(32)28-22-5-7-23(8-6-22)30-17-19-31(20-18-30)24-11-14-27-15-12-24;1-20-9-8-19(25)22-16-2-4-17(5-3-16)23-12-14-24(15-13-23)18-6-10-21-11-7-18;1-6-2-4-7(5-3-6)11(8,9)10;/h2*3-12,14-15H,13,16-20H2,1-2H3,(H,28,32);2-7,10-11,20H,8-9,12-15H2,1H3,(H,22,25);2-5H,1H3;1H4. The Morgan fingerprint density at radius 1 is 0.355 bits per heavy atom. The van der Waals surface area contributed by atoms with Crippen molar-refractivity contribution >= 4 is 109 Å². The predicted molar refractivity (Wildman–Crippen MR) is 432 cm³/mol. The number of rotatable bonds is 23. The van der Waals surface area contributed by atoms with Crippen molar-refractivity contribution in [3.05, 3.63) is 236 Å². The summed E-state index contributed by atoms with van der Waals surface area (Å²) in [6.07, 6.45) is 11.6. The van der Waals surface area contributed by atoms with Gasteiger partial charge in [-0.05, 0) is 173 Å². The van der Waals surface area contributed by atoms with Gasteiger partial charge in [0.15, 0.2) is 0 Å². The molecule has 0 atom stereocenters. The molecule has 9 aromatic rings. The fourth-order valence-corrected chi connectivity index (χ4v) is 14.9. The highest BCUT2D eigenvalue weighted by Gasteiger charge is 2.25. The van der Waals surface area contributed by atoms with E-state index in [0.717, 1.165) is 112 Å². The van der Waals surface area contributed by atoms with Crippen molar-refractivity contribution in [2.45, 2.75) is 62.1 Å². The first-order valence-electron chi connectivity index (χ1n) is 35.0. The smallest absolute Gasteiger partial charge is 0.261 e. The molecule has 3 aromatic heterocycles. The second-order valence-electron chi connectivity index (χ2n) is 25.7. The van der Waals surface area contributed by atoms with Gasteiger partial charge in [0, 0.05) is 231 Å². The van der Waals surface area contributed by atoms with Gasteiger partial charge in [-0.1, -0.05) is 60.5 Å². The summed E-state index contributed by atoms with van der Waals surface area (Å²) in [5.41, 5.74) is 12.3. The summed E-state index contributed by atoms with van der Waals surface area (Å²) in [4.78, 5) is 63.6. The number of nitrogens with one attached hydrogen (secondary N) is 4. The molecule has 6 aromatic carbocycles. The molecule has 3 aliphatic rings. The minimum absolute atomic E-state index is 0. The molecule has 107 heavy (non-hydrogen) atoms. The number of piperazine rings is 3. The first-order chi connectivity index (χ1) is 50.9. The molecule has 0 unspecified atom stereocenters. The van der Waals surface area contributed by atoms with Gasteiger partial charge in [-0.15, -0.1) is 0 Å². The third kappa shape index (κ3) is 25.1. The molecule has 24 nitrogen and oxygen atoms in total. The van der Waals surface area contributed by atoms with Gasteiger partial charge >= 0.3 is 0 Å². The van der Waals surface area contributed by atoms with Crippen molar-refractivity contribution in [2.75, 3.05) is 165 Å². The molecule has 0 aliphatic carbocycles. The van der Waals surface area contributed by atoms with E-state index < -0.39 is 29.1 Å². The van der Waals surface area contributed by atoms with Crippen LogP contribution in [0.5, 0.6) is 0 Å². The lowest BCUT2D eigenvalue weighted by atomic mass is 10.2. The van der Waals surface area contributed by atoms with Crippen LogP contribution in [-0.2, 0) is 43.5 Å². The Morgan fingerprint density at radius 3 is 0.813 bits per heavy atom. The Bertz CT molecular complexity index is 4390. The molecule has 0 saturated carbocycles. The van der Waals surface area contributed by atoms with Crippen LogP contribution >= 0.6 is 10.7 Å². The fourth-order valence-electron chi connectivity index (χ4n) is 11.7. The number of carbonyl (C=O) groups is 3. The molecule has 0 bridgehead atoms. The summed E-state index contributed by atoms with van der Waals surface area (Å²) in [7, 11) is -0.883. The first-order valence-corrected chi connectivity index (χ1v) is 40.2. The van der Waals surface area contributed by atoms with Crippen molar-refractivity contribution in [2.24, 2.45) is 0 Å². The van der Waals surface area contributed by atoms with Gasteiger partial charge in [-0.3, -0.25) is 29.3 Å². The monoisotopic (exact) mass is 1530 g/mol. The van der Waals surface area contributed by atoms with Crippen molar-refractivity contribution < 1.29 is 39.6 Å². The van der Waals surface area contributed by atoms with E-state index in [1.807, 2.05) is 150 Å². The van der Waals surface area contributed by atoms with Gasteiger partial charge < -0.3 is 50.7 Å². The van der Waals surface area contributed by atoms with Crippen LogP contribution < -0.4 is 50.7 Å². The fraction of sp³-hybridized carbons (Fsp3) is 0.316. The molecule has 3 aliphatic heterocycles. The Balaban J connectivity index is 0.000000190. The lowest BCUT2D eigenvalue weighted by Gasteiger charge is -2.37. The van der Waals surface area contributed by atoms with E-state index in [-0.39, 0.29) is 65.8 Å². The van der Waals surface area contributed by atoms with E-state index >= 15 is 0 Å². The van der Waals surface area contributed by atoms with Gasteiger partial charge in [0.1, 0.15) is 0 Å². The van der Waals surface area contributed by atoms with E-state index in [0.29, 0.717) is 24.3 Å². The van der Waals surface area contributed by atoms with Crippen molar-refractivity contribution in [1.82, 2.24) is 28.9 Å². The number of benzene rings is 6. The van der Waals surface area contributed by atoms with Crippen molar-refractivity contribution in [1.29, 1.82) is 0 Å². The third-order valence-corrected chi connectivity index (χ3v) is 23.3. The number of nitrogens with zero attached hydrogens (tertiary/aromatic N) is 11. The molecule has 3 fully saturated rings. The predicted octanol–water partition coefficient (Wildman–Crippen LogP) is 11.2. The average molecular weight is 1530 g/mol. The van der Waals surface area contributed by atoms with Crippen LogP contribution in [0.4, 0.5) is 51.2 Å². The normalized spacial score (nSPS) is 13.9. The van der Waals surface area contributed by atoms with Gasteiger partial charge in [0.25, 0.3) is 9.05 Å². The SMILES string of the molecule is C.CNCCC(=O)Nc1ccc(N2CCN(c3ccncc3)CC2)cc1.Cc1ccc(S(=O)(=O)Cl)cc1.Cc1ccc(S(=O)(=O)N(C)CCC(=O)Nc2ccc(N3CCN(c4ccncc4)CC3)cc2)cc1.Cc1ccc(S(=O)(=O)N(C)CCC(=O)Nc2ccc(N3CCN(c4ccncc4)CC3)cc2)cc1. The maximum atomic E-state index is 12.7. The lowest BCUT2D eigenvalue weighted by Crippen LogP contribution is -2.46. The number of aryl methyl sites for hydroxylation is 3. The van der Waals surface area contributed by atoms with Crippen LogP contribution in [0, 0.1) is 20.8 Å². The molecule has 3 saturated heterocycles. The van der Waals surface area contributed by atoms with Crippen LogP contribution in [0.2, 0.25) is 0 Å². The summed E-state index contributed by atoms with van der Waals surface area (Å²) < 4.78 is 74.6. The largest absolute Gasteiger partial charge is 0.368 e. The zero-order valence-corrected chi connectivity index (χ0v) is 63.9. The van der Waals surface area contributed by atoms with E-state index in [2.05, 4.69) is 89.9 Å². The number of halogens is 1. The molecular formula is C79H98ClN15O9S3. The molecule has 0 radical (unpaired) electrons. The van der Waals surface area contributed by atoms with Crippen molar-refractivity contribution in [3.8, 4) is 0 Å². The second-order valence-corrected chi connectivity index (χ2v) is 32.4. The Hall–Kier alpha value is -10.0. The van der Waals surface area contributed by atoms with E-state index in [1.165, 1.54) is 57.6 Å². The molecule has 12 rings (SSSR count).